The smallest absolute Gasteiger partial charge is 0.335 e. The van der Waals surface area contributed by atoms with Crippen molar-refractivity contribution in [3.63, 3.8) is 0 Å². The molecule has 1 N–H and O–H groups in total. The van der Waals surface area contributed by atoms with Gasteiger partial charge in [0.15, 0.2) is 0 Å². The third-order valence-electron chi connectivity index (χ3n) is 4.07. The average molecular weight is 353 g/mol. The lowest BCUT2D eigenvalue weighted by molar-refractivity contribution is -0.148. The van der Waals surface area contributed by atoms with E-state index < -0.39 is 23.3 Å². The molecule has 1 saturated heterocycles. The lowest BCUT2D eigenvalue weighted by atomic mass is 9.66. The minimum absolute atomic E-state index is 0.371. The number of carbonyl (C=O) groups is 3. The third-order valence-corrected chi connectivity index (χ3v) is 4.74. The number of benzene rings is 1. The number of ether oxygens (including phenoxy) is 1. The van der Waals surface area contributed by atoms with Gasteiger partial charge in [-0.3, -0.25) is 14.9 Å². The van der Waals surface area contributed by atoms with Crippen LogP contribution in [0.3, 0.4) is 0 Å². The van der Waals surface area contributed by atoms with Crippen LogP contribution in [0.5, 0.6) is 5.75 Å². The highest BCUT2D eigenvalue weighted by Gasteiger charge is 2.57. The number of carbonyl (C=O) groups excluding carboxylic acids is 3. The second-order valence-corrected chi connectivity index (χ2v) is 6.01. The van der Waals surface area contributed by atoms with Crippen LogP contribution in [0, 0.1) is 5.41 Å². The molecule has 0 bridgehead atoms. The number of imide groups is 2. The summed E-state index contributed by atoms with van der Waals surface area (Å²) in [4.78, 5) is 37.8. The van der Waals surface area contributed by atoms with Gasteiger partial charge in [0.1, 0.15) is 11.2 Å². The highest BCUT2D eigenvalue weighted by atomic mass is 79.9. The number of nitrogens with one attached hydrogen (secondary N) is 1. The van der Waals surface area contributed by atoms with Gasteiger partial charge in [-0.25, -0.2) is 9.69 Å². The lowest BCUT2D eigenvalue weighted by Crippen LogP contribution is -2.66. The van der Waals surface area contributed by atoms with E-state index in [0.717, 1.165) is 11.3 Å². The Morgan fingerprint density at radius 1 is 1.29 bits per heavy atom. The van der Waals surface area contributed by atoms with Gasteiger partial charge in [0.25, 0.3) is 5.91 Å². The van der Waals surface area contributed by atoms with Crippen LogP contribution in [0.2, 0.25) is 0 Å². The number of barbiturate groups is 1. The quantitative estimate of drug-likeness (QED) is 0.828. The first-order valence-corrected chi connectivity index (χ1v) is 7.32. The monoisotopic (exact) mass is 352 g/mol. The van der Waals surface area contributed by atoms with Crippen LogP contribution in [-0.4, -0.2) is 25.0 Å². The van der Waals surface area contributed by atoms with E-state index in [2.05, 4.69) is 21.2 Å². The maximum absolute atomic E-state index is 12.7. The molecule has 110 valence electrons. The van der Waals surface area contributed by atoms with Crippen LogP contribution in [0.15, 0.2) is 22.7 Å². The second kappa shape index (κ2) is 4.84. The molecule has 2 fully saturated rings. The Labute approximate surface area is 129 Å². The number of amides is 4. The van der Waals surface area contributed by atoms with Crippen LogP contribution in [-0.2, 0) is 9.59 Å². The second-order valence-electron chi connectivity index (χ2n) is 5.15. The largest absolute Gasteiger partial charge is 0.497 e. The molecule has 1 aromatic carbocycles. The van der Waals surface area contributed by atoms with Crippen molar-refractivity contribution in [1.29, 1.82) is 0 Å². The molecule has 1 aliphatic heterocycles. The van der Waals surface area contributed by atoms with Crippen molar-refractivity contribution in [1.82, 2.24) is 5.32 Å². The molecule has 2 aliphatic rings. The van der Waals surface area contributed by atoms with E-state index in [1.165, 1.54) is 7.11 Å². The number of nitrogens with zero attached hydrogens (tertiary/aromatic N) is 1. The number of anilines is 1. The van der Waals surface area contributed by atoms with E-state index >= 15 is 0 Å². The number of urea groups is 1. The Morgan fingerprint density at radius 2 is 2.00 bits per heavy atom. The fraction of sp³-hybridized carbons (Fsp3) is 0.357. The molecule has 0 aromatic heterocycles. The van der Waals surface area contributed by atoms with E-state index in [1.807, 2.05) is 0 Å². The Balaban J connectivity index is 2.06. The molecule has 0 unspecified atom stereocenters. The number of rotatable bonds is 2. The molecule has 7 heteroatoms. The van der Waals surface area contributed by atoms with Gasteiger partial charge in [-0.05, 0) is 40.9 Å². The lowest BCUT2D eigenvalue weighted by Gasteiger charge is -2.44. The zero-order chi connectivity index (χ0) is 15.2. The van der Waals surface area contributed by atoms with Crippen molar-refractivity contribution in [3.05, 3.63) is 22.7 Å². The molecule has 0 radical (unpaired) electrons. The zero-order valence-electron chi connectivity index (χ0n) is 11.3. The van der Waals surface area contributed by atoms with Gasteiger partial charge in [-0.2, -0.15) is 0 Å². The summed E-state index contributed by atoms with van der Waals surface area (Å²) in [5.41, 5.74) is -0.716. The molecule has 6 nitrogen and oxygen atoms in total. The normalized spacial score (nSPS) is 20.3. The average Bonchev–Trinajstić information content (AvgIpc) is 2.38. The van der Waals surface area contributed by atoms with Crippen molar-refractivity contribution < 1.29 is 19.1 Å². The van der Waals surface area contributed by atoms with E-state index in [4.69, 9.17) is 4.74 Å². The number of hydrogen-bond donors (Lipinski definition) is 1. The SMILES string of the molecule is COc1ccc(Br)c(N2C(=O)NC(=O)C3(CCC3)C2=O)c1. The van der Waals surface area contributed by atoms with Crippen LogP contribution < -0.4 is 15.0 Å². The van der Waals surface area contributed by atoms with Crippen molar-refractivity contribution in [2.24, 2.45) is 5.41 Å². The number of halogens is 1. The summed E-state index contributed by atoms with van der Waals surface area (Å²) in [7, 11) is 1.50. The van der Waals surface area contributed by atoms with Gasteiger partial charge in [-0.15, -0.1) is 0 Å². The molecule has 0 atom stereocenters. The number of hydrogen-bond acceptors (Lipinski definition) is 4. The van der Waals surface area contributed by atoms with Crippen molar-refractivity contribution in [2.75, 3.05) is 12.0 Å². The maximum atomic E-state index is 12.7. The molecular weight excluding hydrogens is 340 g/mol. The molecular formula is C14H13BrN2O4. The standard InChI is InChI=1S/C14H13BrN2O4/c1-21-8-3-4-9(15)10(7-8)17-12(19)14(5-2-6-14)11(18)16-13(17)20/h3-4,7H,2,5-6H2,1H3,(H,16,18,20). The summed E-state index contributed by atoms with van der Waals surface area (Å²) >= 11 is 3.33. The van der Waals surface area contributed by atoms with Gasteiger partial charge < -0.3 is 4.74 Å². The summed E-state index contributed by atoms with van der Waals surface area (Å²) in [6, 6.07) is 4.27. The van der Waals surface area contributed by atoms with Gasteiger partial charge >= 0.3 is 6.03 Å². The zero-order valence-corrected chi connectivity index (χ0v) is 12.9. The minimum Gasteiger partial charge on any atom is -0.497 e. The molecule has 1 aromatic rings. The molecule has 1 aliphatic carbocycles. The van der Waals surface area contributed by atoms with Crippen molar-refractivity contribution in [3.8, 4) is 5.75 Å². The molecule has 3 rings (SSSR count). The molecule has 1 saturated carbocycles. The first kappa shape index (κ1) is 14.1. The van der Waals surface area contributed by atoms with E-state index in [1.54, 1.807) is 18.2 Å². The van der Waals surface area contributed by atoms with Gasteiger partial charge in [0, 0.05) is 10.5 Å². The molecule has 1 heterocycles. The Hall–Kier alpha value is -1.89. The Bertz CT molecular complexity index is 654. The van der Waals surface area contributed by atoms with E-state index in [0.29, 0.717) is 28.8 Å². The van der Waals surface area contributed by atoms with Crippen LogP contribution in [0.4, 0.5) is 10.5 Å². The van der Waals surface area contributed by atoms with E-state index in [9.17, 15) is 14.4 Å². The summed E-state index contributed by atoms with van der Waals surface area (Å²) in [5, 5.41) is 2.28. The predicted molar refractivity (Wildman–Crippen MR) is 78.0 cm³/mol. The topological polar surface area (TPSA) is 75.7 Å². The Kier molecular flexibility index (Phi) is 3.24. The predicted octanol–water partition coefficient (Wildman–Crippen LogP) is 2.21. The van der Waals surface area contributed by atoms with Gasteiger partial charge in [0.05, 0.1) is 12.8 Å². The minimum atomic E-state index is -1.09. The highest BCUT2D eigenvalue weighted by Crippen LogP contribution is 2.46. The molecule has 21 heavy (non-hydrogen) atoms. The molecule has 4 amide bonds. The van der Waals surface area contributed by atoms with Crippen molar-refractivity contribution in [2.45, 2.75) is 19.3 Å². The summed E-state index contributed by atoms with van der Waals surface area (Å²) < 4.78 is 5.71. The van der Waals surface area contributed by atoms with Crippen LogP contribution >= 0.6 is 15.9 Å². The number of methoxy groups -OCH3 is 1. The fourth-order valence-corrected chi connectivity index (χ4v) is 3.08. The maximum Gasteiger partial charge on any atom is 0.335 e. The first-order valence-electron chi connectivity index (χ1n) is 6.53. The van der Waals surface area contributed by atoms with Crippen molar-refractivity contribution >= 4 is 39.5 Å². The first-order chi connectivity index (χ1) is 9.99. The van der Waals surface area contributed by atoms with E-state index in [-0.39, 0.29) is 0 Å². The Morgan fingerprint density at radius 3 is 2.57 bits per heavy atom. The summed E-state index contributed by atoms with van der Waals surface area (Å²) in [6.45, 7) is 0. The van der Waals surface area contributed by atoms with Crippen LogP contribution in [0.1, 0.15) is 19.3 Å². The molecule has 1 spiro atoms. The third kappa shape index (κ3) is 1.95. The summed E-state index contributed by atoms with van der Waals surface area (Å²) in [6.07, 6.45) is 1.76. The van der Waals surface area contributed by atoms with Gasteiger partial charge in [0.2, 0.25) is 5.91 Å². The summed E-state index contributed by atoms with van der Waals surface area (Å²) in [5.74, 6) is -0.427. The van der Waals surface area contributed by atoms with Crippen LogP contribution in [0.25, 0.3) is 0 Å². The van der Waals surface area contributed by atoms with Gasteiger partial charge in [-0.1, -0.05) is 6.42 Å². The highest BCUT2D eigenvalue weighted by molar-refractivity contribution is 9.10. The fourth-order valence-electron chi connectivity index (χ4n) is 2.66.